The summed E-state index contributed by atoms with van der Waals surface area (Å²) in [6.45, 7) is 17.6. The third-order valence-electron chi connectivity index (χ3n) is 7.93. The van der Waals surface area contributed by atoms with E-state index in [1.54, 1.807) is 0 Å². The van der Waals surface area contributed by atoms with Crippen LogP contribution in [0.2, 0.25) is 0 Å². The molecule has 0 saturated carbocycles. The number of hydrogen-bond donors (Lipinski definition) is 0. The number of pyridine rings is 1. The fourth-order valence-corrected chi connectivity index (χ4v) is 6.23. The maximum absolute atomic E-state index is 4.81. The van der Waals surface area contributed by atoms with Gasteiger partial charge in [-0.2, -0.15) is 0 Å². The minimum absolute atomic E-state index is 0. The van der Waals surface area contributed by atoms with Gasteiger partial charge >= 0.3 is 20.1 Å². The van der Waals surface area contributed by atoms with E-state index in [0.29, 0.717) is 18.0 Å². The van der Waals surface area contributed by atoms with Crippen molar-refractivity contribution in [3.63, 3.8) is 0 Å². The van der Waals surface area contributed by atoms with Gasteiger partial charge in [0.05, 0.1) is 0 Å². The van der Waals surface area contributed by atoms with Crippen LogP contribution in [0.25, 0.3) is 43.4 Å². The van der Waals surface area contributed by atoms with Crippen molar-refractivity contribution >= 4 is 21.5 Å². The number of nitrogens with zero attached hydrogens (tertiary/aromatic N) is 3. The minimum atomic E-state index is -0.0893. The van der Waals surface area contributed by atoms with Gasteiger partial charge in [0.1, 0.15) is 0 Å². The van der Waals surface area contributed by atoms with E-state index >= 15 is 0 Å². The van der Waals surface area contributed by atoms with Crippen LogP contribution < -0.4 is 0 Å². The van der Waals surface area contributed by atoms with Crippen molar-refractivity contribution in [1.82, 2.24) is 4.98 Å². The Morgan fingerprint density at radius 1 is 0.791 bits per heavy atom. The first kappa shape index (κ1) is 33.0. The van der Waals surface area contributed by atoms with Crippen LogP contribution in [0.15, 0.2) is 85.1 Å². The van der Waals surface area contributed by atoms with E-state index < -0.39 is 0 Å². The van der Waals surface area contributed by atoms with E-state index in [4.69, 9.17) is 4.98 Å². The Labute approximate surface area is 272 Å². The van der Waals surface area contributed by atoms with Gasteiger partial charge in [-0.1, -0.05) is 138 Å². The second kappa shape index (κ2) is 13.8. The van der Waals surface area contributed by atoms with Crippen LogP contribution in [0.1, 0.15) is 83.8 Å². The van der Waals surface area contributed by atoms with Crippen LogP contribution in [-0.2, 0) is 31.9 Å². The van der Waals surface area contributed by atoms with Gasteiger partial charge in [0.2, 0.25) is 0 Å². The van der Waals surface area contributed by atoms with Crippen molar-refractivity contribution in [1.29, 1.82) is 0 Å². The van der Waals surface area contributed by atoms with E-state index in [0.717, 1.165) is 17.7 Å². The topological polar surface area (TPSA) is 41.1 Å². The summed E-state index contributed by atoms with van der Waals surface area (Å²) in [4.78, 5) is 4.81. The molecule has 0 atom stereocenters. The third-order valence-corrected chi connectivity index (χ3v) is 7.93. The largest absolute Gasteiger partial charge is 3.00 e. The number of rotatable bonds is 7. The Hall–Kier alpha value is -2.88. The third kappa shape index (κ3) is 7.10. The molecule has 1 aliphatic rings. The molecule has 0 saturated heterocycles. The van der Waals surface area contributed by atoms with Crippen molar-refractivity contribution in [2.24, 2.45) is 5.92 Å². The van der Waals surface area contributed by atoms with Crippen LogP contribution in [-0.4, -0.2) is 17.1 Å². The summed E-state index contributed by atoms with van der Waals surface area (Å²) in [5.41, 5.74) is 7.51. The predicted octanol–water partition coefficient (Wildman–Crippen LogP) is 10.9. The van der Waals surface area contributed by atoms with Crippen LogP contribution in [0.3, 0.4) is 0 Å². The Morgan fingerprint density at radius 2 is 1.44 bits per heavy atom. The van der Waals surface area contributed by atoms with Gasteiger partial charge < -0.3 is 15.6 Å². The summed E-state index contributed by atoms with van der Waals surface area (Å²) < 4.78 is 0. The molecule has 0 aliphatic heterocycles. The maximum Gasteiger partial charge on any atom is 3.00 e. The molecule has 0 radical (unpaired) electrons. The number of fused-ring (bicyclic) bond motifs is 4. The summed E-state index contributed by atoms with van der Waals surface area (Å²) in [5, 5.41) is 14.4. The average molecular weight is 747 g/mol. The number of aromatic nitrogens is 1. The zero-order valence-electron chi connectivity index (χ0n) is 26.8. The van der Waals surface area contributed by atoms with Gasteiger partial charge in [0.15, 0.2) is 0 Å². The minimum Gasteiger partial charge on any atom is -0.672 e. The van der Waals surface area contributed by atoms with Crippen molar-refractivity contribution in [3.05, 3.63) is 124 Å². The van der Waals surface area contributed by atoms with Gasteiger partial charge in [0, 0.05) is 6.20 Å². The molecule has 0 unspecified atom stereocenters. The zero-order chi connectivity index (χ0) is 30.0. The summed E-state index contributed by atoms with van der Waals surface area (Å²) >= 11 is 0. The summed E-state index contributed by atoms with van der Waals surface area (Å²) in [5.74, 6) is 0.643. The fourth-order valence-electron chi connectivity index (χ4n) is 6.23. The van der Waals surface area contributed by atoms with Crippen LogP contribution in [0.5, 0.6) is 0 Å². The first-order valence-electron chi connectivity index (χ1n) is 15.4. The van der Waals surface area contributed by atoms with E-state index in [9.17, 15) is 0 Å². The van der Waals surface area contributed by atoms with E-state index in [2.05, 4.69) is 133 Å². The summed E-state index contributed by atoms with van der Waals surface area (Å²) in [6.07, 6.45) is 3.04. The first-order valence-corrected chi connectivity index (χ1v) is 15.4. The quantitative estimate of drug-likeness (QED) is 0.153. The molecule has 3 nitrogen and oxygen atoms in total. The average Bonchev–Trinajstić information content (AvgIpc) is 2.95. The molecule has 43 heavy (non-hydrogen) atoms. The summed E-state index contributed by atoms with van der Waals surface area (Å²) in [7, 11) is 0. The molecule has 224 valence electrons. The Balaban J connectivity index is 0.000000228. The molecular weight excluding hydrogens is 703 g/mol. The number of hydrogen-bond acceptors (Lipinski definition) is 1. The van der Waals surface area contributed by atoms with Crippen molar-refractivity contribution in [3.8, 4) is 11.3 Å². The molecular formula is C39H44IrN3. The molecule has 0 bridgehead atoms. The molecule has 6 rings (SSSR count). The van der Waals surface area contributed by atoms with E-state index in [1.165, 1.54) is 43.8 Å². The molecule has 0 amide bonds. The SMILES string of the molecule is CC(C)Cc1cc2c3c(nccc3c1)-c1[c-]cc3ccccc3c1C2(C)C.CC(C)[N-]C([N-]C(C)C)c1ccccc1.[Ir+3]. The van der Waals surface area contributed by atoms with Crippen LogP contribution in [0.4, 0.5) is 0 Å². The monoisotopic (exact) mass is 747 g/mol. The molecule has 1 heterocycles. The number of benzene rings is 4. The molecule has 5 aromatic rings. The molecule has 4 heteroatoms. The van der Waals surface area contributed by atoms with Gasteiger partial charge in [0.25, 0.3) is 0 Å². The van der Waals surface area contributed by atoms with Gasteiger partial charge in [-0.05, 0) is 51.4 Å². The van der Waals surface area contributed by atoms with Crippen molar-refractivity contribution in [2.75, 3.05) is 0 Å². The molecule has 4 aromatic carbocycles. The van der Waals surface area contributed by atoms with E-state index in [1.807, 2.05) is 24.4 Å². The Morgan fingerprint density at radius 3 is 2.09 bits per heavy atom. The molecule has 0 spiro atoms. The second-order valence-corrected chi connectivity index (χ2v) is 13.0. The van der Waals surface area contributed by atoms with E-state index in [-0.39, 0.29) is 31.7 Å². The van der Waals surface area contributed by atoms with Gasteiger partial charge in [-0.25, -0.2) is 6.17 Å². The molecule has 1 aromatic heterocycles. The van der Waals surface area contributed by atoms with Gasteiger partial charge in [-0.15, -0.1) is 35.3 Å². The Bertz CT molecular complexity index is 1660. The van der Waals surface area contributed by atoms with Crippen molar-refractivity contribution in [2.45, 2.75) is 85.5 Å². The van der Waals surface area contributed by atoms with Gasteiger partial charge in [-0.3, -0.25) is 0 Å². The normalized spacial score (nSPS) is 13.3. The smallest absolute Gasteiger partial charge is 0.672 e. The molecule has 0 N–H and O–H groups in total. The second-order valence-electron chi connectivity index (χ2n) is 13.0. The fraction of sp³-hybridized carbons (Fsp3) is 0.359. The maximum atomic E-state index is 4.81. The Kier molecular flexibility index (Phi) is 10.6. The molecule has 1 aliphatic carbocycles. The van der Waals surface area contributed by atoms with Crippen molar-refractivity contribution < 1.29 is 20.1 Å². The molecule has 0 fully saturated rings. The van der Waals surface area contributed by atoms with Crippen LogP contribution >= 0.6 is 0 Å². The standard InChI is InChI=1S/C26H24N.C13H20N2.Ir/c1-16(2)13-17-14-19-11-12-27-25-21-10-9-18-7-5-6-8-20(18)24(21)26(3,4)22(15-17)23(19)25;1-10(2)14-13(15-11(3)4)12-8-6-5-7-9-12;/h5-9,11-12,14-16H,13H2,1-4H3;5-11,13H,1-4H3;/q-1;-2;+3. The van der Waals surface area contributed by atoms with Crippen LogP contribution in [0, 0.1) is 12.0 Å². The predicted molar refractivity (Wildman–Crippen MR) is 180 cm³/mol. The zero-order valence-corrected chi connectivity index (χ0v) is 29.2. The first-order chi connectivity index (χ1) is 20.1. The summed E-state index contributed by atoms with van der Waals surface area (Å²) in [6, 6.07) is 32.2.